The summed E-state index contributed by atoms with van der Waals surface area (Å²) in [4.78, 5) is 12.6. The van der Waals surface area contributed by atoms with Crippen LogP contribution in [0.3, 0.4) is 0 Å². The largest absolute Gasteiger partial charge is 0.481 e. The van der Waals surface area contributed by atoms with Crippen molar-refractivity contribution in [3.05, 3.63) is 59.7 Å². The Hall–Kier alpha value is -2.29. The maximum Gasteiger partial charge on any atom is 0.265 e. The number of carbonyl (C=O) groups excluding carboxylic acids is 1. The summed E-state index contributed by atoms with van der Waals surface area (Å²) in [5, 5.41) is 3.09. The van der Waals surface area contributed by atoms with Gasteiger partial charge in [-0.1, -0.05) is 57.2 Å². The van der Waals surface area contributed by atoms with E-state index in [1.165, 1.54) is 0 Å². The summed E-state index contributed by atoms with van der Waals surface area (Å²) < 4.78 is 5.83. The van der Waals surface area contributed by atoms with Crippen LogP contribution in [-0.4, -0.2) is 12.0 Å². The molecule has 0 heterocycles. The van der Waals surface area contributed by atoms with E-state index in [0.717, 1.165) is 29.7 Å². The van der Waals surface area contributed by atoms with Gasteiger partial charge in [0.1, 0.15) is 5.75 Å². The highest BCUT2D eigenvalue weighted by atomic mass is 16.5. The molecule has 2 rings (SSSR count). The van der Waals surface area contributed by atoms with Gasteiger partial charge in [0, 0.05) is 5.69 Å². The third-order valence-corrected chi connectivity index (χ3v) is 3.93. The molecule has 0 aromatic heterocycles. The molecule has 0 saturated carbocycles. The predicted molar refractivity (Wildman–Crippen MR) is 95.0 cm³/mol. The highest BCUT2D eigenvalue weighted by Gasteiger charge is 2.20. The van der Waals surface area contributed by atoms with Crippen LogP contribution in [0.4, 0.5) is 5.69 Å². The highest BCUT2D eigenvalue weighted by Crippen LogP contribution is 2.23. The fourth-order valence-corrected chi connectivity index (χ4v) is 2.59. The third kappa shape index (κ3) is 4.35. The summed E-state index contributed by atoms with van der Waals surface area (Å²) in [6, 6.07) is 15.6. The number of nitrogens with one attached hydrogen (secondary N) is 1. The van der Waals surface area contributed by atoms with Crippen LogP contribution in [0, 0.1) is 0 Å². The molecule has 122 valence electrons. The number of hydrogen-bond donors (Lipinski definition) is 1. The number of aryl methyl sites for hydroxylation is 2. The Bertz CT molecular complexity index is 615. The Balaban J connectivity index is 2.17. The van der Waals surface area contributed by atoms with Gasteiger partial charge in [0.05, 0.1) is 0 Å². The molecule has 2 aromatic rings. The van der Waals surface area contributed by atoms with Gasteiger partial charge in [-0.05, 0) is 42.5 Å². The molecule has 1 atom stereocenters. The van der Waals surface area contributed by atoms with Gasteiger partial charge in [0.15, 0.2) is 6.10 Å². The van der Waals surface area contributed by atoms with Crippen LogP contribution in [-0.2, 0) is 17.6 Å². The van der Waals surface area contributed by atoms with E-state index in [0.29, 0.717) is 12.2 Å². The molecule has 0 bridgehead atoms. The van der Waals surface area contributed by atoms with Crippen molar-refractivity contribution >= 4 is 11.6 Å². The maximum atomic E-state index is 12.6. The molecular weight excluding hydrogens is 286 g/mol. The molecule has 0 aliphatic rings. The van der Waals surface area contributed by atoms with E-state index in [2.05, 4.69) is 31.3 Å². The van der Waals surface area contributed by atoms with E-state index in [9.17, 15) is 4.79 Å². The number of ether oxygens (including phenoxy) is 1. The first-order valence-electron chi connectivity index (χ1n) is 8.32. The van der Waals surface area contributed by atoms with E-state index in [-0.39, 0.29) is 5.91 Å². The number of anilines is 1. The average Bonchev–Trinajstić information content (AvgIpc) is 2.60. The summed E-state index contributed by atoms with van der Waals surface area (Å²) in [5.74, 6) is 0.626. The number of rotatable bonds is 7. The predicted octanol–water partition coefficient (Wildman–Crippen LogP) is 4.61. The number of amides is 1. The molecule has 1 amide bonds. The zero-order valence-corrected chi connectivity index (χ0v) is 14.1. The van der Waals surface area contributed by atoms with Gasteiger partial charge in [0.25, 0.3) is 5.91 Å². The number of hydrogen-bond acceptors (Lipinski definition) is 2. The molecule has 3 heteroatoms. The van der Waals surface area contributed by atoms with Crippen LogP contribution >= 0.6 is 0 Å². The lowest BCUT2D eigenvalue weighted by molar-refractivity contribution is -0.122. The molecule has 3 nitrogen and oxygen atoms in total. The summed E-state index contributed by atoms with van der Waals surface area (Å²) in [6.45, 7) is 6.16. The van der Waals surface area contributed by atoms with Crippen LogP contribution in [0.25, 0.3) is 0 Å². The average molecular weight is 311 g/mol. The monoisotopic (exact) mass is 311 g/mol. The van der Waals surface area contributed by atoms with E-state index in [1.54, 1.807) is 0 Å². The first kappa shape index (κ1) is 17.1. The number of para-hydroxylation sites is 2. The molecular formula is C20H25NO2. The Morgan fingerprint density at radius 2 is 1.57 bits per heavy atom. The van der Waals surface area contributed by atoms with Gasteiger partial charge >= 0.3 is 0 Å². The minimum atomic E-state index is -0.494. The zero-order valence-electron chi connectivity index (χ0n) is 14.1. The van der Waals surface area contributed by atoms with Gasteiger partial charge in [-0.25, -0.2) is 0 Å². The highest BCUT2D eigenvalue weighted by molar-refractivity contribution is 5.95. The van der Waals surface area contributed by atoms with Gasteiger partial charge in [0.2, 0.25) is 0 Å². The molecule has 0 fully saturated rings. The Kier molecular flexibility index (Phi) is 6.21. The SMILES string of the molecule is CCc1cccc(CC)c1NC(=O)C(CC)Oc1ccccc1. The first-order chi connectivity index (χ1) is 11.2. The van der Waals surface area contributed by atoms with Crippen LogP contribution in [0.1, 0.15) is 38.3 Å². The van der Waals surface area contributed by atoms with Crippen LogP contribution in [0.5, 0.6) is 5.75 Å². The molecule has 2 aromatic carbocycles. The lowest BCUT2D eigenvalue weighted by Gasteiger charge is -2.20. The lowest BCUT2D eigenvalue weighted by Crippen LogP contribution is -2.33. The van der Waals surface area contributed by atoms with Crippen molar-refractivity contribution in [2.45, 2.75) is 46.1 Å². The topological polar surface area (TPSA) is 38.3 Å². The van der Waals surface area contributed by atoms with E-state index < -0.39 is 6.10 Å². The summed E-state index contributed by atoms with van der Waals surface area (Å²) in [5.41, 5.74) is 3.26. The van der Waals surface area contributed by atoms with Gasteiger partial charge in [-0.3, -0.25) is 4.79 Å². The fourth-order valence-electron chi connectivity index (χ4n) is 2.59. The van der Waals surface area contributed by atoms with Crippen LogP contribution < -0.4 is 10.1 Å². The molecule has 0 aliphatic carbocycles. The minimum Gasteiger partial charge on any atom is -0.481 e. The molecule has 23 heavy (non-hydrogen) atoms. The molecule has 0 saturated heterocycles. The third-order valence-electron chi connectivity index (χ3n) is 3.93. The van der Waals surface area contributed by atoms with E-state index >= 15 is 0 Å². The number of carbonyl (C=O) groups is 1. The smallest absolute Gasteiger partial charge is 0.265 e. The van der Waals surface area contributed by atoms with E-state index in [1.807, 2.05) is 43.3 Å². The standard InChI is InChI=1S/C20H25NO2/c1-4-15-11-10-12-16(5-2)19(15)21-20(22)18(6-3)23-17-13-8-7-9-14-17/h7-14,18H,4-6H2,1-3H3,(H,21,22). The van der Waals surface area contributed by atoms with E-state index in [4.69, 9.17) is 4.74 Å². The normalized spacial score (nSPS) is 11.8. The van der Waals surface area contributed by atoms with Crippen molar-refractivity contribution in [1.82, 2.24) is 0 Å². The Morgan fingerprint density at radius 3 is 2.09 bits per heavy atom. The minimum absolute atomic E-state index is 0.0908. The van der Waals surface area contributed by atoms with Crippen molar-refractivity contribution in [3.63, 3.8) is 0 Å². The number of benzene rings is 2. The molecule has 0 aliphatic heterocycles. The Morgan fingerprint density at radius 1 is 0.957 bits per heavy atom. The van der Waals surface area contributed by atoms with Crippen molar-refractivity contribution in [3.8, 4) is 5.75 Å². The van der Waals surface area contributed by atoms with Gasteiger partial charge < -0.3 is 10.1 Å². The van der Waals surface area contributed by atoms with Crippen molar-refractivity contribution in [1.29, 1.82) is 0 Å². The second-order valence-corrected chi connectivity index (χ2v) is 5.48. The van der Waals surface area contributed by atoms with Crippen LogP contribution in [0.15, 0.2) is 48.5 Å². The quantitative estimate of drug-likeness (QED) is 0.811. The summed E-state index contributed by atoms with van der Waals surface area (Å²) in [6.07, 6.45) is 1.91. The van der Waals surface area contributed by atoms with Crippen LogP contribution in [0.2, 0.25) is 0 Å². The van der Waals surface area contributed by atoms with Crippen molar-refractivity contribution < 1.29 is 9.53 Å². The van der Waals surface area contributed by atoms with Gasteiger partial charge in [-0.15, -0.1) is 0 Å². The first-order valence-corrected chi connectivity index (χ1v) is 8.32. The maximum absolute atomic E-state index is 12.6. The summed E-state index contributed by atoms with van der Waals surface area (Å²) >= 11 is 0. The summed E-state index contributed by atoms with van der Waals surface area (Å²) in [7, 11) is 0. The van der Waals surface area contributed by atoms with Gasteiger partial charge in [-0.2, -0.15) is 0 Å². The van der Waals surface area contributed by atoms with Crippen molar-refractivity contribution in [2.24, 2.45) is 0 Å². The Labute approximate surface area is 138 Å². The fraction of sp³-hybridized carbons (Fsp3) is 0.350. The lowest BCUT2D eigenvalue weighted by atomic mass is 10.0. The molecule has 1 unspecified atom stereocenters. The molecule has 0 spiro atoms. The second-order valence-electron chi connectivity index (χ2n) is 5.48. The second kappa shape index (κ2) is 8.37. The molecule has 1 N–H and O–H groups in total. The molecule has 0 radical (unpaired) electrons. The zero-order chi connectivity index (χ0) is 16.7. The van der Waals surface area contributed by atoms with Crippen molar-refractivity contribution in [2.75, 3.05) is 5.32 Å².